The molecular weight excluding hydrogens is 602 g/mol. The molecule has 3 amide bonds. The van der Waals surface area contributed by atoms with Gasteiger partial charge in [0.15, 0.2) is 0 Å². The predicted octanol–water partition coefficient (Wildman–Crippen LogP) is 5.98. The fourth-order valence-electron chi connectivity index (χ4n) is 5.63. The Balaban J connectivity index is 1.76. The number of carbonyl (C=O) groups excluding carboxylic acids is 3. The van der Waals surface area contributed by atoms with Gasteiger partial charge in [-0.15, -0.1) is 0 Å². The number of fused-ring (bicyclic) bond motifs is 1. The molecule has 1 heterocycles. The highest BCUT2D eigenvalue weighted by molar-refractivity contribution is 5.86. The summed E-state index contributed by atoms with van der Waals surface area (Å²) in [5.74, 6) is 0.0113. The molecule has 1 aromatic carbocycles. The Labute approximate surface area is 287 Å². The quantitative estimate of drug-likeness (QED) is 0.114. The Kier molecular flexibility index (Phi) is 14.4. The molecule has 48 heavy (non-hydrogen) atoms. The van der Waals surface area contributed by atoms with Crippen molar-refractivity contribution in [2.24, 2.45) is 11.7 Å². The van der Waals surface area contributed by atoms with E-state index in [1.54, 1.807) is 17.1 Å². The van der Waals surface area contributed by atoms with Crippen molar-refractivity contribution in [1.29, 1.82) is 0 Å². The maximum absolute atomic E-state index is 13.7. The highest BCUT2D eigenvalue weighted by atomic mass is 16.5. The highest BCUT2D eigenvalue weighted by Crippen LogP contribution is 2.32. The minimum absolute atomic E-state index is 0.00950. The van der Waals surface area contributed by atoms with E-state index in [2.05, 4.69) is 34.3 Å². The largest absolute Gasteiger partial charge is 0.396 e. The van der Waals surface area contributed by atoms with Crippen molar-refractivity contribution < 1.29 is 19.1 Å². The molecular formula is C39H57N5O4. The summed E-state index contributed by atoms with van der Waals surface area (Å²) in [6.07, 6.45) is 9.75. The van der Waals surface area contributed by atoms with E-state index in [4.69, 9.17) is 10.5 Å². The average Bonchev–Trinajstić information content (AvgIpc) is 3.02. The topological polar surface area (TPSA) is 126 Å². The van der Waals surface area contributed by atoms with E-state index in [1.807, 2.05) is 65.8 Å². The van der Waals surface area contributed by atoms with Crippen molar-refractivity contribution in [2.45, 2.75) is 118 Å². The zero-order valence-electron chi connectivity index (χ0n) is 30.2. The molecule has 0 bridgehead atoms. The van der Waals surface area contributed by atoms with Gasteiger partial charge in [-0.25, -0.2) is 0 Å². The van der Waals surface area contributed by atoms with Gasteiger partial charge in [-0.05, 0) is 45.6 Å². The number of nitrogens with one attached hydrogen (secondary N) is 3. The zero-order chi connectivity index (χ0) is 35.3. The smallest absolute Gasteiger partial charge is 0.227 e. The molecule has 1 aromatic rings. The van der Waals surface area contributed by atoms with Crippen molar-refractivity contribution in [3.8, 4) is 0 Å². The van der Waals surface area contributed by atoms with Crippen LogP contribution in [0.2, 0.25) is 0 Å². The van der Waals surface area contributed by atoms with Gasteiger partial charge in [0.2, 0.25) is 17.7 Å². The third-order valence-corrected chi connectivity index (χ3v) is 8.31. The number of hydrogen-bond acceptors (Lipinski definition) is 6. The van der Waals surface area contributed by atoms with Gasteiger partial charge in [0.1, 0.15) is 0 Å². The van der Waals surface area contributed by atoms with Crippen LogP contribution in [0, 0.1) is 5.92 Å². The predicted molar refractivity (Wildman–Crippen MR) is 192 cm³/mol. The molecule has 0 saturated heterocycles. The first kappa shape index (κ1) is 38.4. The van der Waals surface area contributed by atoms with Gasteiger partial charge in [0.25, 0.3) is 0 Å². The van der Waals surface area contributed by atoms with Crippen LogP contribution in [0.25, 0.3) is 5.70 Å². The number of allylic oxidation sites excluding steroid dienone is 2. The minimum Gasteiger partial charge on any atom is -0.396 e. The number of carbonyl (C=O) groups is 3. The molecule has 3 rings (SSSR count). The molecule has 0 saturated carbocycles. The summed E-state index contributed by atoms with van der Waals surface area (Å²) in [4.78, 5) is 40.4. The Morgan fingerprint density at radius 2 is 1.69 bits per heavy atom. The van der Waals surface area contributed by atoms with Crippen molar-refractivity contribution in [3.05, 3.63) is 76.0 Å². The number of nitrogens with two attached hydrogens (primary N) is 1. The van der Waals surface area contributed by atoms with Crippen LogP contribution in [0.5, 0.6) is 0 Å². The van der Waals surface area contributed by atoms with Gasteiger partial charge >= 0.3 is 0 Å². The van der Waals surface area contributed by atoms with Gasteiger partial charge < -0.3 is 31.3 Å². The lowest BCUT2D eigenvalue weighted by atomic mass is 9.94. The minimum atomic E-state index is -0.609. The molecule has 9 nitrogen and oxygen atoms in total. The van der Waals surface area contributed by atoms with E-state index < -0.39 is 11.1 Å². The van der Waals surface area contributed by atoms with E-state index in [0.29, 0.717) is 49.6 Å². The maximum atomic E-state index is 13.7. The Bertz CT molecular complexity index is 1470. The van der Waals surface area contributed by atoms with Crippen LogP contribution >= 0.6 is 0 Å². The molecule has 1 aliphatic heterocycles. The summed E-state index contributed by atoms with van der Waals surface area (Å²) in [7, 11) is 0. The highest BCUT2D eigenvalue weighted by Gasteiger charge is 2.30. The van der Waals surface area contributed by atoms with Crippen LogP contribution in [0.1, 0.15) is 111 Å². The number of unbranched alkanes of at least 4 members (excludes halogenated alkanes) is 4. The Hall–Kier alpha value is -4.03. The van der Waals surface area contributed by atoms with Crippen LogP contribution < -0.4 is 21.7 Å². The molecule has 5 N–H and O–H groups in total. The molecule has 0 spiro atoms. The molecule has 0 unspecified atom stereocenters. The molecule has 2 aliphatic rings. The van der Waals surface area contributed by atoms with Crippen molar-refractivity contribution in [1.82, 2.24) is 20.9 Å². The zero-order valence-corrected chi connectivity index (χ0v) is 30.2. The monoisotopic (exact) mass is 659 g/mol. The third-order valence-electron chi connectivity index (χ3n) is 8.31. The molecule has 9 heteroatoms. The number of ether oxygens (including phenoxy) is 1. The third kappa shape index (κ3) is 11.9. The molecule has 262 valence electrons. The second kappa shape index (κ2) is 17.9. The van der Waals surface area contributed by atoms with Gasteiger partial charge in [0, 0.05) is 55.6 Å². The molecule has 0 aromatic heterocycles. The lowest BCUT2D eigenvalue weighted by molar-refractivity contribution is -0.132. The number of benzene rings is 1. The first-order valence-electron chi connectivity index (χ1n) is 17.5. The number of amides is 3. The van der Waals surface area contributed by atoms with E-state index in [-0.39, 0.29) is 36.5 Å². The fourth-order valence-corrected chi connectivity index (χ4v) is 5.63. The van der Waals surface area contributed by atoms with E-state index in [0.717, 1.165) is 29.7 Å². The van der Waals surface area contributed by atoms with Gasteiger partial charge in [-0.3, -0.25) is 14.4 Å². The van der Waals surface area contributed by atoms with Crippen LogP contribution in [0.4, 0.5) is 0 Å². The number of hydrogen-bond donors (Lipinski definition) is 4. The summed E-state index contributed by atoms with van der Waals surface area (Å²) in [6, 6.07) is 7.87. The lowest BCUT2D eigenvalue weighted by Crippen LogP contribution is -2.50. The van der Waals surface area contributed by atoms with E-state index in [1.165, 1.54) is 19.3 Å². The average molecular weight is 660 g/mol. The SMILES string of the molecule is CCCCCCCNC(=O)CCC(=O)N1Cc2ccccc2/C(NCC(C)(C)OCC(C)(C)NC(=O)CC(C)C)=C(/N)C2=C1C=C=C=C2. The molecule has 1 aliphatic carbocycles. The summed E-state index contributed by atoms with van der Waals surface area (Å²) in [6.45, 7) is 15.8. The summed E-state index contributed by atoms with van der Waals surface area (Å²) < 4.78 is 6.34. The van der Waals surface area contributed by atoms with E-state index >= 15 is 0 Å². The fraction of sp³-hybridized carbons (Fsp3) is 0.564. The van der Waals surface area contributed by atoms with Crippen LogP contribution in [-0.4, -0.2) is 53.5 Å². The molecule has 0 radical (unpaired) electrons. The second-order valence-corrected chi connectivity index (χ2v) is 14.5. The van der Waals surface area contributed by atoms with Crippen LogP contribution in [0.3, 0.4) is 0 Å². The second-order valence-electron chi connectivity index (χ2n) is 14.5. The van der Waals surface area contributed by atoms with Crippen LogP contribution in [0.15, 0.2) is 64.8 Å². The van der Waals surface area contributed by atoms with Crippen LogP contribution in [-0.2, 0) is 25.7 Å². The first-order valence-corrected chi connectivity index (χ1v) is 17.5. The molecule has 0 fully saturated rings. The maximum Gasteiger partial charge on any atom is 0.227 e. The van der Waals surface area contributed by atoms with Gasteiger partial charge in [0.05, 0.1) is 41.4 Å². The van der Waals surface area contributed by atoms with Crippen molar-refractivity contribution in [2.75, 3.05) is 19.7 Å². The summed E-state index contributed by atoms with van der Waals surface area (Å²) >= 11 is 0. The standard InChI is InChI=1S/C39H57N5O4/c1-8-9-10-11-16-23-41-33(45)21-22-35(47)44-25-29-17-12-13-18-30(29)37(36(40)31-19-14-15-20-32(31)44)42-26-39(6,7)48-27-38(4,5)43-34(46)24-28(2)3/h12-13,17-20,28,42H,8-11,16,21-27,40H2,1-7H3,(H,41,45)(H,43,46)/b37-36-. The number of nitrogens with zero attached hydrogens (tertiary/aromatic N) is 1. The Morgan fingerprint density at radius 3 is 2.42 bits per heavy atom. The Morgan fingerprint density at radius 1 is 0.979 bits per heavy atom. The van der Waals surface area contributed by atoms with Gasteiger partial charge in [-0.2, -0.15) is 0 Å². The van der Waals surface area contributed by atoms with E-state index in [9.17, 15) is 14.4 Å². The van der Waals surface area contributed by atoms with Gasteiger partial charge in [-0.1, -0.05) is 82.2 Å². The first-order chi connectivity index (χ1) is 22.7. The van der Waals surface area contributed by atoms with Crippen molar-refractivity contribution >= 4 is 23.4 Å². The lowest BCUT2D eigenvalue weighted by Gasteiger charge is -2.34. The summed E-state index contributed by atoms with van der Waals surface area (Å²) in [5.41, 5.74) is 16.0. The molecule has 0 atom stereocenters. The normalized spacial score (nSPS) is 16.0. The number of rotatable bonds is 18. The summed E-state index contributed by atoms with van der Waals surface area (Å²) in [5, 5.41) is 9.60. The van der Waals surface area contributed by atoms with Crippen molar-refractivity contribution in [3.63, 3.8) is 0 Å².